The highest BCUT2D eigenvalue weighted by atomic mass is 79.9. The minimum absolute atomic E-state index is 0.308. The molecule has 0 amide bonds. The van der Waals surface area contributed by atoms with Gasteiger partial charge in [0.1, 0.15) is 6.07 Å². The van der Waals surface area contributed by atoms with E-state index in [-0.39, 0.29) is 0 Å². The molecular formula is C12H12BrNO2. The summed E-state index contributed by atoms with van der Waals surface area (Å²) in [5.74, 6) is -0.427. The van der Waals surface area contributed by atoms with Crippen LogP contribution in [-0.2, 0) is 11.2 Å². The summed E-state index contributed by atoms with van der Waals surface area (Å²) in [6, 6.07) is 5.49. The molecule has 4 heteroatoms. The fraction of sp³-hybridized carbons (Fsp3) is 0.333. The summed E-state index contributed by atoms with van der Waals surface area (Å²) in [5.41, 5.74) is 1.56. The highest BCUT2D eigenvalue weighted by Gasteiger charge is 2.17. The molecule has 0 unspecified atom stereocenters. The van der Waals surface area contributed by atoms with Gasteiger partial charge in [-0.15, -0.1) is 0 Å². The number of benzene rings is 1. The van der Waals surface area contributed by atoms with Crippen molar-refractivity contribution in [3.63, 3.8) is 0 Å². The monoisotopic (exact) mass is 281 g/mol. The zero-order valence-electron chi connectivity index (χ0n) is 9.21. The van der Waals surface area contributed by atoms with Crippen LogP contribution in [0.5, 0.6) is 0 Å². The van der Waals surface area contributed by atoms with Gasteiger partial charge in [0.15, 0.2) is 0 Å². The van der Waals surface area contributed by atoms with Crippen molar-refractivity contribution >= 4 is 21.9 Å². The zero-order chi connectivity index (χ0) is 12.1. The van der Waals surface area contributed by atoms with Crippen molar-refractivity contribution in [2.75, 3.05) is 6.61 Å². The number of aryl methyl sites for hydroxylation is 1. The molecule has 3 nitrogen and oxygen atoms in total. The third-order valence-corrected chi connectivity index (χ3v) is 2.62. The van der Waals surface area contributed by atoms with Crippen LogP contribution < -0.4 is 0 Å². The number of esters is 1. The standard InChI is InChI=1S/C12H12BrNO2/c1-3-8-5-10(13)6-9(7-14)11(8)12(15)16-4-2/h5-6H,3-4H2,1-2H3. The van der Waals surface area contributed by atoms with E-state index in [0.29, 0.717) is 24.2 Å². The fourth-order valence-corrected chi connectivity index (χ4v) is 1.98. The molecule has 0 aromatic heterocycles. The minimum Gasteiger partial charge on any atom is -0.462 e. The molecule has 0 saturated carbocycles. The maximum absolute atomic E-state index is 11.7. The number of nitrogens with zero attached hydrogens (tertiary/aromatic N) is 1. The summed E-state index contributed by atoms with van der Waals surface area (Å²) >= 11 is 3.31. The first-order valence-electron chi connectivity index (χ1n) is 5.03. The van der Waals surface area contributed by atoms with Crippen molar-refractivity contribution in [3.8, 4) is 6.07 Å². The van der Waals surface area contributed by atoms with Gasteiger partial charge in [0.05, 0.1) is 17.7 Å². The average Bonchev–Trinajstić information content (AvgIpc) is 2.27. The Hall–Kier alpha value is -1.34. The second-order valence-corrected chi connectivity index (χ2v) is 4.09. The van der Waals surface area contributed by atoms with Crippen LogP contribution in [0.25, 0.3) is 0 Å². The van der Waals surface area contributed by atoms with E-state index < -0.39 is 5.97 Å². The Bertz CT molecular complexity index is 449. The fourth-order valence-electron chi connectivity index (χ4n) is 1.47. The van der Waals surface area contributed by atoms with Crippen LogP contribution in [0.1, 0.15) is 35.3 Å². The Balaban J connectivity index is 3.34. The van der Waals surface area contributed by atoms with Gasteiger partial charge < -0.3 is 4.74 Å². The molecule has 0 heterocycles. The van der Waals surface area contributed by atoms with Crippen LogP contribution in [0.2, 0.25) is 0 Å². The largest absolute Gasteiger partial charge is 0.462 e. The van der Waals surface area contributed by atoms with Crippen LogP contribution in [0.4, 0.5) is 0 Å². The van der Waals surface area contributed by atoms with E-state index in [1.54, 1.807) is 13.0 Å². The summed E-state index contributed by atoms with van der Waals surface area (Å²) in [4.78, 5) is 11.7. The molecule has 0 bridgehead atoms. The Labute approximate surface area is 103 Å². The molecule has 1 aromatic carbocycles. The molecule has 0 radical (unpaired) electrons. The molecule has 1 rings (SSSR count). The van der Waals surface area contributed by atoms with Gasteiger partial charge in [0, 0.05) is 4.47 Å². The van der Waals surface area contributed by atoms with Crippen LogP contribution in [0.3, 0.4) is 0 Å². The molecule has 0 spiro atoms. The van der Waals surface area contributed by atoms with Gasteiger partial charge in [0.2, 0.25) is 0 Å². The molecule has 0 fully saturated rings. The Morgan fingerprint density at radius 1 is 1.50 bits per heavy atom. The second-order valence-electron chi connectivity index (χ2n) is 3.17. The van der Waals surface area contributed by atoms with E-state index in [1.807, 2.05) is 19.1 Å². The first kappa shape index (κ1) is 12.7. The van der Waals surface area contributed by atoms with Crippen LogP contribution in [0, 0.1) is 11.3 Å². The van der Waals surface area contributed by atoms with Gasteiger partial charge >= 0.3 is 5.97 Å². The molecule has 1 aromatic rings. The lowest BCUT2D eigenvalue weighted by Gasteiger charge is -2.09. The van der Waals surface area contributed by atoms with Gasteiger partial charge in [-0.3, -0.25) is 0 Å². The Morgan fingerprint density at radius 2 is 2.19 bits per heavy atom. The number of hydrogen-bond acceptors (Lipinski definition) is 3. The van der Waals surface area contributed by atoms with E-state index in [1.165, 1.54) is 0 Å². The van der Waals surface area contributed by atoms with E-state index in [9.17, 15) is 4.79 Å². The number of carbonyl (C=O) groups excluding carboxylic acids is 1. The number of ether oxygens (including phenoxy) is 1. The third-order valence-electron chi connectivity index (χ3n) is 2.17. The minimum atomic E-state index is -0.427. The molecule has 0 atom stereocenters. The Morgan fingerprint density at radius 3 is 2.69 bits per heavy atom. The lowest BCUT2D eigenvalue weighted by atomic mass is 10.00. The molecule has 0 saturated heterocycles. The first-order valence-corrected chi connectivity index (χ1v) is 5.82. The van der Waals surface area contributed by atoms with E-state index in [0.717, 1.165) is 10.0 Å². The molecule has 0 aliphatic carbocycles. The lowest BCUT2D eigenvalue weighted by molar-refractivity contribution is 0.0525. The summed E-state index contributed by atoms with van der Waals surface area (Å²) < 4.78 is 5.75. The van der Waals surface area contributed by atoms with Gasteiger partial charge in [0.25, 0.3) is 0 Å². The molecule has 84 valence electrons. The van der Waals surface area contributed by atoms with Gasteiger partial charge in [-0.05, 0) is 31.0 Å². The van der Waals surface area contributed by atoms with Crippen molar-refractivity contribution in [2.45, 2.75) is 20.3 Å². The number of nitriles is 1. The number of halogens is 1. The lowest BCUT2D eigenvalue weighted by Crippen LogP contribution is -2.10. The molecule has 16 heavy (non-hydrogen) atoms. The number of rotatable bonds is 3. The summed E-state index contributed by atoms with van der Waals surface area (Å²) in [7, 11) is 0. The van der Waals surface area contributed by atoms with E-state index in [4.69, 9.17) is 10.00 Å². The van der Waals surface area contributed by atoms with Crippen LogP contribution >= 0.6 is 15.9 Å². The number of hydrogen-bond donors (Lipinski definition) is 0. The maximum atomic E-state index is 11.7. The summed E-state index contributed by atoms with van der Waals surface area (Å²) in [6.07, 6.45) is 0.683. The van der Waals surface area contributed by atoms with E-state index in [2.05, 4.69) is 15.9 Å². The zero-order valence-corrected chi connectivity index (χ0v) is 10.8. The quantitative estimate of drug-likeness (QED) is 0.800. The van der Waals surface area contributed by atoms with Crippen molar-refractivity contribution in [3.05, 3.63) is 33.3 Å². The predicted molar refractivity (Wildman–Crippen MR) is 64.2 cm³/mol. The van der Waals surface area contributed by atoms with Crippen LogP contribution in [-0.4, -0.2) is 12.6 Å². The first-order chi connectivity index (χ1) is 7.63. The highest BCUT2D eigenvalue weighted by Crippen LogP contribution is 2.22. The smallest absolute Gasteiger partial charge is 0.339 e. The summed E-state index contributed by atoms with van der Waals surface area (Å²) in [5, 5.41) is 9.00. The van der Waals surface area contributed by atoms with Crippen molar-refractivity contribution in [1.29, 1.82) is 5.26 Å². The van der Waals surface area contributed by atoms with Gasteiger partial charge in [-0.2, -0.15) is 5.26 Å². The highest BCUT2D eigenvalue weighted by molar-refractivity contribution is 9.10. The molecule has 0 N–H and O–H groups in total. The van der Waals surface area contributed by atoms with Crippen molar-refractivity contribution < 1.29 is 9.53 Å². The average molecular weight is 282 g/mol. The normalized spacial score (nSPS) is 9.62. The summed E-state index contributed by atoms with van der Waals surface area (Å²) in [6.45, 7) is 3.99. The Kier molecular flexibility index (Phi) is 4.51. The third kappa shape index (κ3) is 2.61. The van der Waals surface area contributed by atoms with E-state index >= 15 is 0 Å². The number of carbonyl (C=O) groups is 1. The van der Waals surface area contributed by atoms with Gasteiger partial charge in [-0.1, -0.05) is 22.9 Å². The van der Waals surface area contributed by atoms with Crippen molar-refractivity contribution in [2.24, 2.45) is 0 Å². The molecule has 0 aliphatic rings. The topological polar surface area (TPSA) is 50.1 Å². The molecule has 0 aliphatic heterocycles. The SMILES string of the molecule is CCOC(=O)c1c(C#N)cc(Br)cc1CC. The van der Waals surface area contributed by atoms with Crippen LogP contribution in [0.15, 0.2) is 16.6 Å². The molecular weight excluding hydrogens is 270 g/mol. The van der Waals surface area contributed by atoms with Crippen molar-refractivity contribution in [1.82, 2.24) is 0 Å². The maximum Gasteiger partial charge on any atom is 0.339 e. The predicted octanol–water partition coefficient (Wildman–Crippen LogP) is 3.06. The second kappa shape index (κ2) is 5.66. The van der Waals surface area contributed by atoms with Gasteiger partial charge in [-0.25, -0.2) is 4.79 Å².